The van der Waals surface area contributed by atoms with Gasteiger partial charge in [-0.15, -0.1) is 0 Å². The van der Waals surface area contributed by atoms with Gasteiger partial charge in [0.1, 0.15) is 0 Å². The summed E-state index contributed by atoms with van der Waals surface area (Å²) in [4.78, 5) is 11.8. The zero-order valence-corrected chi connectivity index (χ0v) is 9.41. The number of carbonyl (C=O) groups is 1. The molecule has 1 atom stereocenters. The summed E-state index contributed by atoms with van der Waals surface area (Å²) in [5, 5.41) is 6.24. The second-order valence-corrected chi connectivity index (χ2v) is 4.25. The predicted octanol–water partition coefficient (Wildman–Crippen LogP) is 1.30. The first-order valence-electron chi connectivity index (χ1n) is 5.88. The summed E-state index contributed by atoms with van der Waals surface area (Å²) in [7, 11) is 0. The van der Waals surface area contributed by atoms with Crippen LogP contribution in [0.4, 0.5) is 0 Å². The Hall–Kier alpha value is -1.35. The predicted molar refractivity (Wildman–Crippen MR) is 63.9 cm³/mol. The third-order valence-electron chi connectivity index (χ3n) is 2.98. The normalized spacial score (nSPS) is 20.4. The SMILES string of the molecule is O=C(NCc1ccccc1)[C@@H]1CCCNC1. The number of rotatable bonds is 3. The van der Waals surface area contributed by atoms with E-state index in [0.29, 0.717) is 6.54 Å². The molecular weight excluding hydrogens is 200 g/mol. The van der Waals surface area contributed by atoms with Gasteiger partial charge >= 0.3 is 0 Å². The third-order valence-corrected chi connectivity index (χ3v) is 2.98. The molecule has 0 radical (unpaired) electrons. The van der Waals surface area contributed by atoms with Crippen molar-refractivity contribution in [1.82, 2.24) is 10.6 Å². The quantitative estimate of drug-likeness (QED) is 0.803. The minimum Gasteiger partial charge on any atom is -0.352 e. The number of hydrogen-bond donors (Lipinski definition) is 2. The topological polar surface area (TPSA) is 41.1 Å². The van der Waals surface area contributed by atoms with Gasteiger partial charge in [0.2, 0.25) is 5.91 Å². The van der Waals surface area contributed by atoms with Crippen LogP contribution in [0.2, 0.25) is 0 Å². The standard InChI is InChI=1S/C13H18N2O/c16-13(12-7-4-8-14-10-12)15-9-11-5-2-1-3-6-11/h1-3,5-6,12,14H,4,7-10H2,(H,15,16)/t12-/m1/s1. The molecule has 1 amide bonds. The molecule has 0 aliphatic carbocycles. The smallest absolute Gasteiger partial charge is 0.224 e. The lowest BCUT2D eigenvalue weighted by Crippen LogP contribution is -2.40. The first-order chi connectivity index (χ1) is 7.86. The summed E-state index contributed by atoms with van der Waals surface area (Å²) in [5.41, 5.74) is 1.15. The molecule has 2 N–H and O–H groups in total. The number of carbonyl (C=O) groups excluding carboxylic acids is 1. The minimum absolute atomic E-state index is 0.150. The van der Waals surface area contributed by atoms with Gasteiger partial charge in [-0.2, -0.15) is 0 Å². The average Bonchev–Trinajstić information content (AvgIpc) is 2.38. The highest BCUT2D eigenvalue weighted by Crippen LogP contribution is 2.10. The number of hydrogen-bond acceptors (Lipinski definition) is 2. The number of piperidine rings is 1. The molecule has 1 fully saturated rings. The molecule has 1 aliphatic rings. The molecule has 1 heterocycles. The van der Waals surface area contributed by atoms with E-state index in [1.165, 1.54) is 0 Å². The van der Waals surface area contributed by atoms with Crippen LogP contribution in [0.15, 0.2) is 30.3 Å². The molecule has 3 heteroatoms. The van der Waals surface area contributed by atoms with Crippen molar-refractivity contribution in [3.8, 4) is 0 Å². The van der Waals surface area contributed by atoms with Crippen molar-refractivity contribution in [3.05, 3.63) is 35.9 Å². The monoisotopic (exact) mass is 218 g/mol. The Morgan fingerprint density at radius 2 is 2.19 bits per heavy atom. The van der Waals surface area contributed by atoms with Crippen LogP contribution in [-0.4, -0.2) is 19.0 Å². The van der Waals surface area contributed by atoms with Crippen molar-refractivity contribution in [3.63, 3.8) is 0 Å². The highest BCUT2D eigenvalue weighted by atomic mass is 16.1. The van der Waals surface area contributed by atoms with Crippen LogP contribution < -0.4 is 10.6 Å². The second-order valence-electron chi connectivity index (χ2n) is 4.25. The van der Waals surface area contributed by atoms with Gasteiger partial charge in [-0.3, -0.25) is 4.79 Å². The van der Waals surface area contributed by atoms with Crippen LogP contribution in [0.3, 0.4) is 0 Å². The first kappa shape index (κ1) is 11.1. The number of nitrogens with one attached hydrogen (secondary N) is 2. The van der Waals surface area contributed by atoms with Gasteiger partial charge in [0.25, 0.3) is 0 Å². The highest BCUT2D eigenvalue weighted by Gasteiger charge is 2.20. The van der Waals surface area contributed by atoms with Crippen LogP contribution in [0, 0.1) is 5.92 Å². The fraction of sp³-hybridized carbons (Fsp3) is 0.462. The van der Waals surface area contributed by atoms with E-state index in [9.17, 15) is 4.79 Å². The molecule has 1 saturated heterocycles. The van der Waals surface area contributed by atoms with Crippen molar-refractivity contribution in [1.29, 1.82) is 0 Å². The second kappa shape index (κ2) is 5.66. The molecule has 0 bridgehead atoms. The number of benzene rings is 1. The highest BCUT2D eigenvalue weighted by molar-refractivity contribution is 5.78. The lowest BCUT2D eigenvalue weighted by atomic mass is 9.99. The molecule has 86 valence electrons. The molecule has 1 aromatic rings. The zero-order chi connectivity index (χ0) is 11.2. The molecule has 0 aromatic heterocycles. The van der Waals surface area contributed by atoms with E-state index in [1.807, 2.05) is 30.3 Å². The molecule has 0 saturated carbocycles. The molecule has 0 unspecified atom stereocenters. The van der Waals surface area contributed by atoms with E-state index in [0.717, 1.165) is 31.5 Å². The Bertz CT molecular complexity index is 331. The Morgan fingerprint density at radius 3 is 2.88 bits per heavy atom. The first-order valence-corrected chi connectivity index (χ1v) is 5.88. The van der Waals surface area contributed by atoms with Crippen molar-refractivity contribution in [2.24, 2.45) is 5.92 Å². The van der Waals surface area contributed by atoms with Crippen LogP contribution in [-0.2, 0) is 11.3 Å². The molecule has 16 heavy (non-hydrogen) atoms. The Labute approximate surface area is 96.2 Å². The van der Waals surface area contributed by atoms with E-state index in [4.69, 9.17) is 0 Å². The van der Waals surface area contributed by atoms with Gasteiger partial charge < -0.3 is 10.6 Å². The van der Waals surface area contributed by atoms with E-state index in [2.05, 4.69) is 10.6 Å². The maximum atomic E-state index is 11.8. The van der Waals surface area contributed by atoms with E-state index < -0.39 is 0 Å². The lowest BCUT2D eigenvalue weighted by molar-refractivity contribution is -0.125. The maximum absolute atomic E-state index is 11.8. The molecule has 3 nitrogen and oxygen atoms in total. The fourth-order valence-electron chi connectivity index (χ4n) is 2.00. The summed E-state index contributed by atoms with van der Waals surface area (Å²) < 4.78 is 0. The zero-order valence-electron chi connectivity index (χ0n) is 9.41. The van der Waals surface area contributed by atoms with Crippen LogP contribution in [0.5, 0.6) is 0 Å². The number of amides is 1. The van der Waals surface area contributed by atoms with Crippen molar-refractivity contribution < 1.29 is 4.79 Å². The van der Waals surface area contributed by atoms with Crippen LogP contribution >= 0.6 is 0 Å². The van der Waals surface area contributed by atoms with Gasteiger partial charge in [-0.25, -0.2) is 0 Å². The van der Waals surface area contributed by atoms with Gasteiger partial charge in [0.05, 0.1) is 5.92 Å². The average molecular weight is 218 g/mol. The largest absolute Gasteiger partial charge is 0.352 e. The third kappa shape index (κ3) is 3.07. The maximum Gasteiger partial charge on any atom is 0.224 e. The summed E-state index contributed by atoms with van der Waals surface area (Å²) in [5.74, 6) is 0.327. The molecule has 1 aromatic carbocycles. The Morgan fingerprint density at radius 1 is 1.38 bits per heavy atom. The van der Waals surface area contributed by atoms with Crippen molar-refractivity contribution in [2.45, 2.75) is 19.4 Å². The van der Waals surface area contributed by atoms with Crippen LogP contribution in [0.1, 0.15) is 18.4 Å². The summed E-state index contributed by atoms with van der Waals surface area (Å²) >= 11 is 0. The lowest BCUT2D eigenvalue weighted by Gasteiger charge is -2.21. The van der Waals surface area contributed by atoms with Crippen molar-refractivity contribution in [2.75, 3.05) is 13.1 Å². The fourth-order valence-corrected chi connectivity index (χ4v) is 2.00. The Balaban J connectivity index is 1.79. The van der Waals surface area contributed by atoms with Gasteiger partial charge in [0, 0.05) is 13.1 Å². The van der Waals surface area contributed by atoms with Crippen molar-refractivity contribution >= 4 is 5.91 Å². The van der Waals surface area contributed by atoms with Crippen LogP contribution in [0.25, 0.3) is 0 Å². The van der Waals surface area contributed by atoms with E-state index in [-0.39, 0.29) is 11.8 Å². The van der Waals surface area contributed by atoms with Gasteiger partial charge in [-0.1, -0.05) is 30.3 Å². The van der Waals surface area contributed by atoms with E-state index >= 15 is 0 Å². The van der Waals surface area contributed by atoms with Gasteiger partial charge in [0.15, 0.2) is 0 Å². The molecular formula is C13H18N2O. The molecule has 1 aliphatic heterocycles. The summed E-state index contributed by atoms with van der Waals surface area (Å²) in [6.07, 6.45) is 2.11. The molecule has 2 rings (SSSR count). The summed E-state index contributed by atoms with van der Waals surface area (Å²) in [6.45, 7) is 2.50. The van der Waals surface area contributed by atoms with E-state index in [1.54, 1.807) is 0 Å². The minimum atomic E-state index is 0.150. The van der Waals surface area contributed by atoms with Gasteiger partial charge in [-0.05, 0) is 24.9 Å². The Kier molecular flexibility index (Phi) is 3.94. The summed E-state index contributed by atoms with van der Waals surface area (Å²) in [6, 6.07) is 10.0. The molecule has 0 spiro atoms.